The van der Waals surface area contributed by atoms with Crippen LogP contribution in [0.3, 0.4) is 0 Å². The van der Waals surface area contributed by atoms with Crippen LogP contribution in [0.1, 0.15) is 24.1 Å². The van der Waals surface area contributed by atoms with E-state index in [2.05, 4.69) is 5.32 Å². The van der Waals surface area contributed by atoms with Gasteiger partial charge < -0.3 is 14.8 Å². The molecule has 2 aromatic rings. The lowest BCUT2D eigenvalue weighted by Gasteiger charge is -2.14. The van der Waals surface area contributed by atoms with Crippen molar-refractivity contribution in [2.75, 3.05) is 13.7 Å². The van der Waals surface area contributed by atoms with Gasteiger partial charge in [-0.3, -0.25) is 9.59 Å². The third kappa shape index (κ3) is 5.74. The van der Waals surface area contributed by atoms with Gasteiger partial charge in [0, 0.05) is 5.02 Å². The van der Waals surface area contributed by atoms with Crippen LogP contribution in [-0.2, 0) is 20.7 Å². The van der Waals surface area contributed by atoms with Gasteiger partial charge in [0.05, 0.1) is 19.6 Å². The number of carbonyl (C=O) groups is 2. The molecule has 0 heterocycles. The van der Waals surface area contributed by atoms with Crippen LogP contribution in [0.15, 0.2) is 42.5 Å². The van der Waals surface area contributed by atoms with Gasteiger partial charge in [0.25, 0.3) is 5.91 Å². The summed E-state index contributed by atoms with van der Waals surface area (Å²) in [4.78, 5) is 23.7. The van der Waals surface area contributed by atoms with Crippen molar-refractivity contribution < 1.29 is 23.5 Å². The fraction of sp³-hybridized carbons (Fsp3) is 0.263. The molecule has 0 saturated heterocycles. The molecule has 0 unspecified atom stereocenters. The molecule has 0 aliphatic carbocycles. The van der Waals surface area contributed by atoms with E-state index in [-0.39, 0.29) is 18.2 Å². The zero-order valence-electron chi connectivity index (χ0n) is 14.4. The number of rotatable bonds is 7. The van der Waals surface area contributed by atoms with Gasteiger partial charge in [-0.25, -0.2) is 4.39 Å². The van der Waals surface area contributed by atoms with Gasteiger partial charge in [0.2, 0.25) is 0 Å². The maximum Gasteiger partial charge on any atom is 0.310 e. The van der Waals surface area contributed by atoms with Crippen LogP contribution in [0.25, 0.3) is 0 Å². The number of nitrogens with one attached hydrogen (secondary N) is 1. The van der Waals surface area contributed by atoms with E-state index in [0.717, 1.165) is 5.56 Å². The fourth-order valence-electron chi connectivity index (χ4n) is 2.30. The van der Waals surface area contributed by atoms with Gasteiger partial charge in [0.1, 0.15) is 0 Å². The van der Waals surface area contributed by atoms with Gasteiger partial charge in [-0.2, -0.15) is 0 Å². The first-order valence-corrected chi connectivity index (χ1v) is 8.29. The summed E-state index contributed by atoms with van der Waals surface area (Å²) in [6, 6.07) is 11.0. The first kappa shape index (κ1) is 19.7. The van der Waals surface area contributed by atoms with Crippen molar-refractivity contribution in [2.45, 2.75) is 19.4 Å². The first-order chi connectivity index (χ1) is 12.4. The van der Waals surface area contributed by atoms with E-state index < -0.39 is 24.3 Å². The van der Waals surface area contributed by atoms with E-state index in [1.165, 1.54) is 19.2 Å². The Balaban J connectivity index is 1.80. The highest BCUT2D eigenvalue weighted by atomic mass is 35.5. The zero-order chi connectivity index (χ0) is 19.1. The van der Waals surface area contributed by atoms with Crippen LogP contribution < -0.4 is 10.1 Å². The van der Waals surface area contributed by atoms with Crippen LogP contribution in [-0.4, -0.2) is 25.6 Å². The van der Waals surface area contributed by atoms with Crippen molar-refractivity contribution in [3.05, 3.63) is 64.4 Å². The van der Waals surface area contributed by atoms with E-state index in [1.54, 1.807) is 30.3 Å². The summed E-state index contributed by atoms with van der Waals surface area (Å²) >= 11 is 5.82. The van der Waals surface area contributed by atoms with Gasteiger partial charge in [-0.15, -0.1) is 0 Å². The van der Waals surface area contributed by atoms with Crippen molar-refractivity contribution in [1.82, 2.24) is 5.32 Å². The predicted molar refractivity (Wildman–Crippen MR) is 95.6 cm³/mol. The molecule has 0 bridgehead atoms. The molecular formula is C19H19ClFNO4. The molecule has 5 nitrogen and oxygen atoms in total. The molecule has 7 heteroatoms. The molecule has 0 radical (unpaired) electrons. The lowest BCUT2D eigenvalue weighted by Crippen LogP contribution is -2.31. The molecule has 2 rings (SSSR count). The minimum atomic E-state index is -0.621. The maximum absolute atomic E-state index is 13.6. The second kappa shape index (κ2) is 9.20. The summed E-state index contributed by atoms with van der Waals surface area (Å²) in [5.74, 6) is -1.52. The molecular weight excluding hydrogens is 361 g/mol. The Morgan fingerprint density at radius 3 is 2.50 bits per heavy atom. The SMILES string of the molecule is COc1ccc(CC(=O)OCC(=O)N[C@H](C)c2ccc(Cl)cc2)cc1F. The Hall–Kier alpha value is -2.60. The number of hydrogen-bond donors (Lipinski definition) is 1. The van der Waals surface area contributed by atoms with Crippen molar-refractivity contribution in [1.29, 1.82) is 0 Å². The molecule has 0 spiro atoms. The van der Waals surface area contributed by atoms with Gasteiger partial charge in [0.15, 0.2) is 18.2 Å². The Morgan fingerprint density at radius 2 is 1.88 bits per heavy atom. The third-order valence-electron chi connectivity index (χ3n) is 3.68. The molecule has 1 atom stereocenters. The highest BCUT2D eigenvalue weighted by Gasteiger charge is 2.13. The summed E-state index contributed by atoms with van der Waals surface area (Å²) in [6.07, 6.45) is -0.138. The summed E-state index contributed by atoms with van der Waals surface area (Å²) in [6.45, 7) is 1.40. The second-order valence-corrected chi connectivity index (χ2v) is 6.08. The predicted octanol–water partition coefficient (Wildman–Crippen LogP) is 3.45. The smallest absolute Gasteiger partial charge is 0.310 e. The average molecular weight is 380 g/mol. The first-order valence-electron chi connectivity index (χ1n) is 7.92. The average Bonchev–Trinajstić information content (AvgIpc) is 2.60. The molecule has 26 heavy (non-hydrogen) atoms. The molecule has 0 fully saturated rings. The number of halogens is 2. The second-order valence-electron chi connectivity index (χ2n) is 5.65. The Kier molecular flexibility index (Phi) is 6.97. The van der Waals surface area contributed by atoms with Gasteiger partial charge in [-0.05, 0) is 42.3 Å². The van der Waals surface area contributed by atoms with Crippen LogP contribution >= 0.6 is 11.6 Å². The number of methoxy groups -OCH3 is 1. The molecule has 1 amide bonds. The molecule has 0 aliphatic rings. The molecule has 2 aromatic carbocycles. The van der Waals surface area contributed by atoms with E-state index >= 15 is 0 Å². The van der Waals surface area contributed by atoms with E-state index in [9.17, 15) is 14.0 Å². The number of hydrogen-bond acceptors (Lipinski definition) is 4. The molecule has 0 saturated carbocycles. The molecule has 0 aromatic heterocycles. The number of esters is 1. The lowest BCUT2D eigenvalue weighted by molar-refractivity contribution is -0.148. The van der Waals surface area contributed by atoms with Crippen molar-refractivity contribution in [3.63, 3.8) is 0 Å². The van der Waals surface area contributed by atoms with Crippen LogP contribution in [0.2, 0.25) is 5.02 Å². The minimum Gasteiger partial charge on any atom is -0.494 e. The Bertz CT molecular complexity index is 780. The zero-order valence-corrected chi connectivity index (χ0v) is 15.2. The summed E-state index contributed by atoms with van der Waals surface area (Å²) in [5, 5.41) is 3.33. The lowest BCUT2D eigenvalue weighted by atomic mass is 10.1. The molecule has 1 N–H and O–H groups in total. The van der Waals surface area contributed by atoms with Crippen LogP contribution in [0.4, 0.5) is 4.39 Å². The summed E-state index contributed by atoms with van der Waals surface area (Å²) < 4.78 is 23.3. The topological polar surface area (TPSA) is 64.6 Å². The standard InChI is InChI=1S/C19H19ClFNO4/c1-12(14-4-6-15(20)7-5-14)22-18(23)11-26-19(24)10-13-3-8-17(25-2)16(21)9-13/h3-9,12H,10-11H2,1-2H3,(H,22,23)/t12-/m1/s1. The van der Waals surface area contributed by atoms with Gasteiger partial charge >= 0.3 is 5.97 Å². The molecule has 138 valence electrons. The monoisotopic (exact) mass is 379 g/mol. The fourth-order valence-corrected chi connectivity index (χ4v) is 2.43. The highest BCUT2D eigenvalue weighted by Crippen LogP contribution is 2.18. The largest absolute Gasteiger partial charge is 0.494 e. The normalized spacial score (nSPS) is 11.5. The highest BCUT2D eigenvalue weighted by molar-refractivity contribution is 6.30. The summed E-state index contributed by atoms with van der Waals surface area (Å²) in [5.41, 5.74) is 1.31. The van der Waals surface area contributed by atoms with E-state index in [4.69, 9.17) is 21.1 Å². The van der Waals surface area contributed by atoms with Crippen LogP contribution in [0, 0.1) is 5.82 Å². The number of benzene rings is 2. The number of ether oxygens (including phenoxy) is 2. The van der Waals surface area contributed by atoms with Crippen LogP contribution in [0.5, 0.6) is 5.75 Å². The summed E-state index contributed by atoms with van der Waals surface area (Å²) in [7, 11) is 1.36. The quantitative estimate of drug-likeness (QED) is 0.748. The minimum absolute atomic E-state index is 0.0951. The number of carbonyl (C=O) groups excluding carboxylic acids is 2. The van der Waals surface area contributed by atoms with E-state index in [1.807, 2.05) is 6.92 Å². The maximum atomic E-state index is 13.6. The van der Waals surface area contributed by atoms with Crippen molar-refractivity contribution >= 4 is 23.5 Å². The number of amides is 1. The Labute approximate surface area is 156 Å². The van der Waals surface area contributed by atoms with Gasteiger partial charge in [-0.1, -0.05) is 29.8 Å². The van der Waals surface area contributed by atoms with E-state index in [0.29, 0.717) is 10.6 Å². The third-order valence-corrected chi connectivity index (χ3v) is 3.93. The molecule has 0 aliphatic heterocycles. The Morgan fingerprint density at radius 1 is 1.19 bits per heavy atom. The van der Waals surface area contributed by atoms with Crippen molar-refractivity contribution in [2.24, 2.45) is 0 Å². The van der Waals surface area contributed by atoms with Crippen molar-refractivity contribution in [3.8, 4) is 5.75 Å².